The highest BCUT2D eigenvalue weighted by atomic mass is 19.4. The van der Waals surface area contributed by atoms with E-state index in [2.05, 4.69) is 16.0 Å². The minimum absolute atomic E-state index is 0.00813. The predicted octanol–water partition coefficient (Wildman–Crippen LogP) is 5.73. The number of methoxy groups -OCH3 is 1. The van der Waals surface area contributed by atoms with E-state index >= 15 is 0 Å². The largest absolute Gasteiger partial charge is 0.497 e. The van der Waals surface area contributed by atoms with Crippen molar-refractivity contribution in [3.63, 3.8) is 0 Å². The van der Waals surface area contributed by atoms with Gasteiger partial charge in [-0.2, -0.15) is 23.4 Å². The Morgan fingerprint density at radius 2 is 1.81 bits per heavy atom. The number of aromatic nitrogens is 2. The summed E-state index contributed by atoms with van der Waals surface area (Å²) in [6, 6.07) is 16.4. The van der Waals surface area contributed by atoms with E-state index in [1.54, 1.807) is 41.3 Å². The minimum atomic E-state index is -4.78. The summed E-state index contributed by atoms with van der Waals surface area (Å²) < 4.78 is 51.5. The van der Waals surface area contributed by atoms with Crippen LogP contribution in [-0.2, 0) is 17.4 Å². The van der Waals surface area contributed by atoms with Crippen LogP contribution in [-0.4, -0.2) is 35.4 Å². The second kappa shape index (κ2) is 11.3. The van der Waals surface area contributed by atoms with E-state index in [-0.39, 0.29) is 29.7 Å². The second-order valence-electron chi connectivity index (χ2n) is 8.64. The zero-order chi connectivity index (χ0) is 26.4. The van der Waals surface area contributed by atoms with E-state index in [0.717, 1.165) is 5.56 Å². The lowest BCUT2D eigenvalue weighted by Gasteiger charge is -2.25. The van der Waals surface area contributed by atoms with Gasteiger partial charge in [-0.1, -0.05) is 12.1 Å². The SMILES string of the molecule is COc1ccc(Oc2cc(N3CCC[C@H]3C(=O)CCCc3ccc(C#N)cc3)nc(C(F)(F)F)n2)cc1. The molecule has 37 heavy (non-hydrogen) atoms. The van der Waals surface area contributed by atoms with Crippen LogP contribution >= 0.6 is 0 Å². The van der Waals surface area contributed by atoms with E-state index < -0.39 is 18.0 Å². The van der Waals surface area contributed by atoms with Gasteiger partial charge in [0.2, 0.25) is 11.7 Å². The molecule has 0 N–H and O–H groups in total. The van der Waals surface area contributed by atoms with Gasteiger partial charge in [-0.05, 0) is 67.6 Å². The van der Waals surface area contributed by atoms with Crippen molar-refractivity contribution in [3.8, 4) is 23.4 Å². The van der Waals surface area contributed by atoms with Crippen LogP contribution in [0.2, 0.25) is 0 Å². The Bertz CT molecular complexity index is 1270. The number of aryl methyl sites for hydroxylation is 1. The Balaban J connectivity index is 1.49. The molecule has 0 amide bonds. The highest BCUT2D eigenvalue weighted by molar-refractivity contribution is 5.87. The lowest BCUT2D eigenvalue weighted by Crippen LogP contribution is -2.37. The van der Waals surface area contributed by atoms with Crippen molar-refractivity contribution < 1.29 is 27.4 Å². The van der Waals surface area contributed by atoms with Gasteiger partial charge in [0.15, 0.2) is 5.78 Å². The maximum absolute atomic E-state index is 13.6. The lowest BCUT2D eigenvalue weighted by molar-refractivity contribution is -0.145. The van der Waals surface area contributed by atoms with Crippen molar-refractivity contribution in [2.24, 2.45) is 0 Å². The molecule has 0 spiro atoms. The molecule has 0 aliphatic carbocycles. The molecule has 0 unspecified atom stereocenters. The molecule has 1 aliphatic heterocycles. The number of nitrogens with zero attached hydrogens (tertiary/aromatic N) is 4. The number of benzene rings is 2. The molecule has 1 saturated heterocycles. The topological polar surface area (TPSA) is 88.3 Å². The quantitative estimate of drug-likeness (QED) is 0.363. The number of carbonyl (C=O) groups excluding carboxylic acids is 1. The van der Waals surface area contributed by atoms with E-state index in [4.69, 9.17) is 14.7 Å². The van der Waals surface area contributed by atoms with Crippen molar-refractivity contribution in [1.82, 2.24) is 9.97 Å². The molecule has 0 radical (unpaired) electrons. The third kappa shape index (κ3) is 6.55. The molecule has 2 aromatic carbocycles. The third-order valence-corrected chi connectivity index (χ3v) is 6.11. The summed E-state index contributed by atoms with van der Waals surface area (Å²) in [5.41, 5.74) is 1.58. The first-order chi connectivity index (χ1) is 17.8. The van der Waals surface area contributed by atoms with Crippen molar-refractivity contribution in [1.29, 1.82) is 5.26 Å². The highest BCUT2D eigenvalue weighted by Crippen LogP contribution is 2.34. The van der Waals surface area contributed by atoms with Gasteiger partial charge in [0.05, 0.1) is 24.8 Å². The van der Waals surface area contributed by atoms with Gasteiger partial charge >= 0.3 is 6.18 Å². The molecule has 0 saturated carbocycles. The average Bonchev–Trinajstić information content (AvgIpc) is 3.39. The Labute approximate surface area is 212 Å². The van der Waals surface area contributed by atoms with Crippen molar-refractivity contribution in [3.05, 3.63) is 71.5 Å². The van der Waals surface area contributed by atoms with E-state index in [9.17, 15) is 18.0 Å². The second-order valence-corrected chi connectivity index (χ2v) is 8.64. The van der Waals surface area contributed by atoms with Gasteiger partial charge in [-0.15, -0.1) is 0 Å². The Kier molecular flexibility index (Phi) is 7.92. The molecule has 1 aromatic heterocycles. The molecular weight excluding hydrogens is 485 g/mol. The zero-order valence-corrected chi connectivity index (χ0v) is 20.2. The average molecular weight is 511 g/mol. The highest BCUT2D eigenvalue weighted by Gasteiger charge is 2.38. The van der Waals surface area contributed by atoms with Crippen LogP contribution in [0.4, 0.5) is 19.0 Å². The fourth-order valence-electron chi connectivity index (χ4n) is 4.26. The summed E-state index contributed by atoms with van der Waals surface area (Å²) in [5.74, 6) is -0.765. The number of hydrogen-bond acceptors (Lipinski definition) is 7. The number of anilines is 1. The van der Waals surface area contributed by atoms with Crippen LogP contribution in [0.3, 0.4) is 0 Å². The zero-order valence-electron chi connectivity index (χ0n) is 20.2. The first kappa shape index (κ1) is 25.9. The smallest absolute Gasteiger partial charge is 0.451 e. The Morgan fingerprint density at radius 1 is 1.11 bits per heavy atom. The third-order valence-electron chi connectivity index (χ3n) is 6.11. The van der Waals surface area contributed by atoms with Gasteiger partial charge in [0, 0.05) is 19.0 Å². The molecular formula is C27H25F3N4O3. The van der Waals surface area contributed by atoms with Gasteiger partial charge in [0.25, 0.3) is 0 Å². The van der Waals surface area contributed by atoms with Crippen LogP contribution in [0.15, 0.2) is 54.6 Å². The van der Waals surface area contributed by atoms with E-state index in [1.165, 1.54) is 13.2 Å². The fourth-order valence-corrected chi connectivity index (χ4v) is 4.26. The number of halogens is 3. The maximum atomic E-state index is 13.6. The van der Waals surface area contributed by atoms with Crippen LogP contribution < -0.4 is 14.4 Å². The van der Waals surface area contributed by atoms with Gasteiger partial charge in [-0.25, -0.2) is 4.98 Å². The monoisotopic (exact) mass is 510 g/mol. The Morgan fingerprint density at radius 3 is 2.46 bits per heavy atom. The standard InChI is InChI=1S/C27H25F3N4O3/c1-36-20-11-13-21(14-12-20)37-25-16-24(32-26(33-25)27(28,29)30)34-15-3-5-22(34)23(35)6-2-4-18-7-9-19(17-31)10-8-18/h7-14,16,22H,2-6,15H2,1H3/t22-/m0/s1. The molecule has 192 valence electrons. The minimum Gasteiger partial charge on any atom is -0.497 e. The van der Waals surface area contributed by atoms with Crippen LogP contribution in [0.25, 0.3) is 0 Å². The fraction of sp³-hybridized carbons (Fsp3) is 0.333. The summed E-state index contributed by atoms with van der Waals surface area (Å²) in [6.07, 6.45) is -2.04. The molecule has 10 heteroatoms. The summed E-state index contributed by atoms with van der Waals surface area (Å²) >= 11 is 0. The van der Waals surface area contributed by atoms with Gasteiger partial charge < -0.3 is 14.4 Å². The normalized spacial score (nSPS) is 15.3. The summed E-state index contributed by atoms with van der Waals surface area (Å²) in [4.78, 5) is 22.0. The first-order valence-electron chi connectivity index (χ1n) is 11.8. The molecule has 7 nitrogen and oxygen atoms in total. The number of ketones is 1. The summed E-state index contributed by atoms with van der Waals surface area (Å²) in [7, 11) is 1.50. The van der Waals surface area contributed by atoms with Crippen molar-refractivity contribution in [2.75, 3.05) is 18.6 Å². The molecule has 1 fully saturated rings. The van der Waals surface area contributed by atoms with Crippen molar-refractivity contribution >= 4 is 11.6 Å². The molecule has 4 rings (SSSR count). The number of alkyl halides is 3. The number of hydrogen-bond donors (Lipinski definition) is 0. The Hall–Kier alpha value is -4.13. The summed E-state index contributed by atoms with van der Waals surface area (Å²) in [6.45, 7) is 0.405. The molecule has 1 atom stereocenters. The van der Waals surface area contributed by atoms with Gasteiger partial charge in [0.1, 0.15) is 17.3 Å². The van der Waals surface area contributed by atoms with Crippen LogP contribution in [0.1, 0.15) is 42.6 Å². The van der Waals surface area contributed by atoms with Crippen LogP contribution in [0, 0.1) is 11.3 Å². The van der Waals surface area contributed by atoms with Gasteiger partial charge in [-0.3, -0.25) is 4.79 Å². The number of Topliss-reactive ketones (excluding diaryl/α,β-unsaturated/α-hetero) is 1. The van der Waals surface area contributed by atoms with Crippen molar-refractivity contribution in [2.45, 2.75) is 44.3 Å². The lowest BCUT2D eigenvalue weighted by atomic mass is 10.0. The summed E-state index contributed by atoms with van der Waals surface area (Å²) in [5, 5.41) is 8.91. The first-order valence-corrected chi connectivity index (χ1v) is 11.8. The molecule has 2 heterocycles. The number of nitriles is 1. The number of rotatable bonds is 9. The molecule has 0 bridgehead atoms. The van der Waals surface area contributed by atoms with Crippen LogP contribution in [0.5, 0.6) is 17.4 Å². The molecule has 3 aromatic rings. The van der Waals surface area contributed by atoms with E-state index in [0.29, 0.717) is 43.5 Å². The number of carbonyl (C=O) groups is 1. The molecule has 1 aliphatic rings. The predicted molar refractivity (Wildman–Crippen MR) is 130 cm³/mol. The number of ether oxygens (including phenoxy) is 2. The van der Waals surface area contributed by atoms with E-state index in [1.807, 2.05) is 12.1 Å². The maximum Gasteiger partial charge on any atom is 0.451 e.